The Bertz CT molecular complexity index is 1090. The van der Waals surface area contributed by atoms with E-state index >= 15 is 0 Å². The predicted octanol–water partition coefficient (Wildman–Crippen LogP) is 4.71. The molecule has 4 N–H and O–H groups in total. The van der Waals surface area contributed by atoms with Gasteiger partial charge >= 0.3 is 6.55 Å². The van der Waals surface area contributed by atoms with E-state index in [1.807, 2.05) is 6.07 Å². The molecule has 2 aromatic carbocycles. The van der Waals surface area contributed by atoms with Gasteiger partial charge in [0, 0.05) is 28.8 Å². The molecule has 0 spiro atoms. The third-order valence-corrected chi connectivity index (χ3v) is 4.17. The first-order valence-electron chi connectivity index (χ1n) is 8.46. The summed E-state index contributed by atoms with van der Waals surface area (Å²) in [4.78, 5) is 12.1. The van der Waals surface area contributed by atoms with E-state index in [0.29, 0.717) is 21.6 Å². The fourth-order valence-corrected chi connectivity index (χ4v) is 2.45. The Kier molecular flexibility index (Phi) is 7.61. The molecule has 0 fully saturated rings. The van der Waals surface area contributed by atoms with Crippen molar-refractivity contribution in [2.45, 2.75) is 13.5 Å². The molecule has 1 amide bonds. The minimum atomic E-state index is -2.62. The first-order valence-corrected chi connectivity index (χ1v) is 8.84. The van der Waals surface area contributed by atoms with Crippen LogP contribution in [0.1, 0.15) is 35.0 Å². The molecule has 0 saturated heterocycles. The van der Waals surface area contributed by atoms with Gasteiger partial charge in [0.2, 0.25) is 0 Å². The van der Waals surface area contributed by atoms with Gasteiger partial charge in [-0.05, 0) is 43.3 Å². The molecule has 0 aliphatic carbocycles. The SMILES string of the molecule is CC(=N)c1cnn(C(F)F)c1.N#Cc1cccc(C(=O)Nc2ccc(N)cc2)c1Cl. The van der Waals surface area contributed by atoms with Crippen molar-refractivity contribution in [3.8, 4) is 6.07 Å². The number of nitrogens with zero attached hydrogens (tertiary/aromatic N) is 3. The number of rotatable bonds is 4. The van der Waals surface area contributed by atoms with Crippen LogP contribution in [0.2, 0.25) is 5.02 Å². The van der Waals surface area contributed by atoms with E-state index in [1.165, 1.54) is 13.1 Å². The van der Waals surface area contributed by atoms with Gasteiger partial charge < -0.3 is 16.5 Å². The van der Waals surface area contributed by atoms with Gasteiger partial charge in [0.25, 0.3) is 5.91 Å². The van der Waals surface area contributed by atoms with Crippen molar-refractivity contribution in [1.82, 2.24) is 9.78 Å². The van der Waals surface area contributed by atoms with E-state index in [1.54, 1.807) is 42.5 Å². The van der Waals surface area contributed by atoms with Crippen LogP contribution in [0.4, 0.5) is 20.2 Å². The zero-order chi connectivity index (χ0) is 22.3. The lowest BCUT2D eigenvalue weighted by atomic mass is 10.1. The van der Waals surface area contributed by atoms with E-state index in [-0.39, 0.29) is 27.8 Å². The molecule has 7 nitrogen and oxygen atoms in total. The van der Waals surface area contributed by atoms with Crippen LogP contribution < -0.4 is 11.1 Å². The van der Waals surface area contributed by atoms with Crippen molar-refractivity contribution >= 4 is 34.6 Å². The molecule has 0 bridgehead atoms. The van der Waals surface area contributed by atoms with Crippen molar-refractivity contribution in [2.75, 3.05) is 11.1 Å². The van der Waals surface area contributed by atoms with Gasteiger partial charge in [0.1, 0.15) is 6.07 Å². The highest BCUT2D eigenvalue weighted by Crippen LogP contribution is 2.22. The van der Waals surface area contributed by atoms with E-state index in [4.69, 9.17) is 28.0 Å². The zero-order valence-electron chi connectivity index (χ0n) is 15.7. The first-order chi connectivity index (χ1) is 14.2. The summed E-state index contributed by atoms with van der Waals surface area (Å²) in [7, 11) is 0. The van der Waals surface area contributed by atoms with Gasteiger partial charge in [-0.2, -0.15) is 19.1 Å². The second-order valence-electron chi connectivity index (χ2n) is 5.97. The number of hydrogen-bond acceptors (Lipinski definition) is 5. The Morgan fingerprint density at radius 2 is 1.97 bits per heavy atom. The monoisotopic (exact) mass is 430 g/mol. The predicted molar refractivity (Wildman–Crippen MR) is 111 cm³/mol. The summed E-state index contributed by atoms with van der Waals surface area (Å²) < 4.78 is 24.3. The van der Waals surface area contributed by atoms with Crippen LogP contribution in [0, 0.1) is 16.7 Å². The number of amides is 1. The molecule has 0 saturated carbocycles. The van der Waals surface area contributed by atoms with Gasteiger partial charge in [-0.25, -0.2) is 4.68 Å². The third kappa shape index (κ3) is 5.86. The van der Waals surface area contributed by atoms with Crippen LogP contribution in [0.25, 0.3) is 0 Å². The summed E-state index contributed by atoms with van der Waals surface area (Å²) in [6, 6.07) is 13.4. The highest BCUT2D eigenvalue weighted by molar-refractivity contribution is 6.35. The van der Waals surface area contributed by atoms with Crippen LogP contribution in [0.3, 0.4) is 0 Å². The number of nitrogens with two attached hydrogens (primary N) is 1. The zero-order valence-corrected chi connectivity index (χ0v) is 16.5. The van der Waals surface area contributed by atoms with Gasteiger partial charge in [0.05, 0.1) is 22.3 Å². The average molecular weight is 431 g/mol. The smallest absolute Gasteiger partial charge is 0.333 e. The maximum Gasteiger partial charge on any atom is 0.333 e. The number of carbonyl (C=O) groups is 1. The third-order valence-electron chi connectivity index (χ3n) is 3.77. The van der Waals surface area contributed by atoms with Gasteiger partial charge in [0.15, 0.2) is 0 Å². The maximum atomic E-state index is 12.1. The Hall–Kier alpha value is -3.77. The number of benzene rings is 2. The second kappa shape index (κ2) is 10.1. The normalized spacial score (nSPS) is 10.0. The van der Waals surface area contributed by atoms with Gasteiger partial charge in [-0.3, -0.25) is 4.79 Å². The number of carbonyl (C=O) groups excluding carboxylic acids is 1. The van der Waals surface area contributed by atoms with E-state index in [0.717, 1.165) is 6.20 Å². The molecule has 10 heteroatoms. The number of halogens is 3. The molecule has 0 radical (unpaired) electrons. The molecule has 154 valence electrons. The lowest BCUT2D eigenvalue weighted by molar-refractivity contribution is 0.0566. The summed E-state index contributed by atoms with van der Waals surface area (Å²) in [6.07, 6.45) is 2.39. The fraction of sp³-hybridized carbons (Fsp3) is 0.100. The minimum absolute atomic E-state index is 0.151. The number of hydrogen-bond donors (Lipinski definition) is 3. The molecule has 0 aliphatic rings. The summed E-state index contributed by atoms with van der Waals surface area (Å²) in [6.45, 7) is -1.10. The Morgan fingerprint density at radius 1 is 1.30 bits per heavy atom. The Balaban J connectivity index is 0.000000248. The topological polar surface area (TPSA) is 121 Å². The van der Waals surface area contributed by atoms with Crippen LogP contribution in [0.15, 0.2) is 54.9 Å². The number of anilines is 2. The summed E-state index contributed by atoms with van der Waals surface area (Å²) >= 11 is 5.99. The van der Waals surface area contributed by atoms with Gasteiger partial charge in [-0.15, -0.1) is 0 Å². The van der Waals surface area contributed by atoms with E-state index in [2.05, 4.69) is 10.4 Å². The molecule has 0 aliphatic heterocycles. The van der Waals surface area contributed by atoms with Crippen LogP contribution in [-0.4, -0.2) is 21.4 Å². The first kappa shape index (κ1) is 22.5. The lowest BCUT2D eigenvalue weighted by Crippen LogP contribution is -2.12. The maximum absolute atomic E-state index is 12.1. The van der Waals surface area contributed by atoms with Crippen molar-refractivity contribution in [3.05, 3.63) is 76.6 Å². The number of nitrogens with one attached hydrogen (secondary N) is 2. The van der Waals surface area contributed by atoms with E-state index in [9.17, 15) is 13.6 Å². The molecule has 3 rings (SSSR count). The van der Waals surface area contributed by atoms with Crippen LogP contribution >= 0.6 is 11.6 Å². The quantitative estimate of drug-likeness (QED) is 0.410. The highest BCUT2D eigenvalue weighted by atomic mass is 35.5. The number of nitriles is 1. The van der Waals surface area contributed by atoms with Crippen molar-refractivity contribution < 1.29 is 13.6 Å². The molecule has 1 heterocycles. The van der Waals surface area contributed by atoms with Crippen molar-refractivity contribution in [1.29, 1.82) is 10.7 Å². The number of nitrogen functional groups attached to an aromatic ring is 1. The highest BCUT2D eigenvalue weighted by Gasteiger charge is 2.13. The number of aromatic nitrogens is 2. The van der Waals surface area contributed by atoms with E-state index < -0.39 is 6.55 Å². The van der Waals surface area contributed by atoms with Crippen molar-refractivity contribution in [3.63, 3.8) is 0 Å². The summed E-state index contributed by atoms with van der Waals surface area (Å²) in [5, 5.41) is 22.2. The molecular formula is C20H17ClF2N6O. The lowest BCUT2D eigenvalue weighted by Gasteiger charge is -2.07. The fourth-order valence-electron chi connectivity index (χ4n) is 2.20. The molecule has 3 aromatic rings. The molecule has 0 unspecified atom stereocenters. The molecule has 30 heavy (non-hydrogen) atoms. The Morgan fingerprint density at radius 3 is 2.47 bits per heavy atom. The average Bonchev–Trinajstić information content (AvgIpc) is 3.21. The van der Waals surface area contributed by atoms with Crippen LogP contribution in [0.5, 0.6) is 0 Å². The largest absolute Gasteiger partial charge is 0.399 e. The second-order valence-corrected chi connectivity index (χ2v) is 6.34. The Labute approximate surface area is 176 Å². The molecule has 1 aromatic heterocycles. The van der Waals surface area contributed by atoms with Crippen LogP contribution in [-0.2, 0) is 0 Å². The van der Waals surface area contributed by atoms with Gasteiger partial charge in [-0.1, -0.05) is 17.7 Å². The minimum Gasteiger partial charge on any atom is -0.399 e. The number of alkyl halides is 2. The summed E-state index contributed by atoms with van der Waals surface area (Å²) in [5.41, 5.74) is 7.97. The molecule has 0 atom stereocenters. The summed E-state index contributed by atoms with van der Waals surface area (Å²) in [5.74, 6) is -0.369. The van der Waals surface area contributed by atoms with Crippen molar-refractivity contribution in [2.24, 2.45) is 0 Å². The standard InChI is InChI=1S/C14H10ClN3O.C6H7F2N3/c15-13-9(8-16)2-1-3-12(13)14(19)18-11-6-4-10(17)5-7-11;1-4(9)5-2-10-11(3-5)6(7)8/h1-7H,17H2,(H,18,19);2-3,6,9H,1H3. The molecular weight excluding hydrogens is 414 g/mol.